The molecule has 0 aromatic carbocycles. The van der Waals surface area contributed by atoms with E-state index in [0.29, 0.717) is 0 Å². The first kappa shape index (κ1) is 13.5. The molecule has 4 nitrogen and oxygen atoms in total. The Balaban J connectivity index is 2.96. The topological polar surface area (TPSA) is 66.8 Å². The molecule has 0 saturated heterocycles. The molecule has 3 atom stereocenters. The Morgan fingerprint density at radius 3 is 2.44 bits per heavy atom. The smallest absolute Gasteiger partial charge is 0.302 e. The first-order valence-corrected chi connectivity index (χ1v) is 5.78. The van der Waals surface area contributed by atoms with E-state index < -0.39 is 5.41 Å². The van der Waals surface area contributed by atoms with Crippen molar-refractivity contribution in [1.29, 1.82) is 0 Å². The molecule has 1 aliphatic carbocycles. The van der Waals surface area contributed by atoms with Gasteiger partial charge in [0.15, 0.2) is 0 Å². The highest BCUT2D eigenvalue weighted by Gasteiger charge is 2.52. The van der Waals surface area contributed by atoms with Crippen LogP contribution in [0.3, 0.4) is 0 Å². The van der Waals surface area contributed by atoms with E-state index in [-0.39, 0.29) is 30.7 Å². The summed E-state index contributed by atoms with van der Waals surface area (Å²) >= 11 is 0. The first-order valence-electron chi connectivity index (χ1n) is 5.78. The second-order valence-electron chi connectivity index (χ2n) is 5.28. The standard InChI is InChI=1S/C12H22O4/c1-9(15)16-10-5-4-6-11(2,7-13)12(10,3)8-14/h10,13-14H,4-8H2,1-3H3. The maximum Gasteiger partial charge on any atom is 0.302 e. The Morgan fingerprint density at radius 1 is 1.38 bits per heavy atom. The van der Waals surface area contributed by atoms with Crippen LogP contribution in [0.1, 0.15) is 40.0 Å². The summed E-state index contributed by atoms with van der Waals surface area (Å²) in [6.45, 7) is 5.13. The second kappa shape index (κ2) is 4.72. The highest BCUT2D eigenvalue weighted by molar-refractivity contribution is 5.66. The van der Waals surface area contributed by atoms with E-state index in [1.54, 1.807) is 0 Å². The molecule has 0 amide bonds. The number of carbonyl (C=O) groups is 1. The summed E-state index contributed by atoms with van der Waals surface area (Å²) in [5.41, 5.74) is -0.953. The van der Waals surface area contributed by atoms with Gasteiger partial charge in [0, 0.05) is 24.4 Å². The average molecular weight is 230 g/mol. The van der Waals surface area contributed by atoms with Crippen LogP contribution < -0.4 is 0 Å². The molecule has 1 fully saturated rings. The fourth-order valence-corrected chi connectivity index (χ4v) is 2.61. The average Bonchev–Trinajstić information content (AvgIpc) is 2.24. The number of hydrogen-bond donors (Lipinski definition) is 2. The predicted molar refractivity (Wildman–Crippen MR) is 59.8 cm³/mol. The van der Waals surface area contributed by atoms with Crippen molar-refractivity contribution in [1.82, 2.24) is 0 Å². The summed E-state index contributed by atoms with van der Waals surface area (Å²) in [6.07, 6.45) is 2.20. The van der Waals surface area contributed by atoms with Crippen molar-refractivity contribution in [2.75, 3.05) is 13.2 Å². The molecule has 2 N–H and O–H groups in total. The number of aliphatic hydroxyl groups is 2. The summed E-state index contributed by atoms with van der Waals surface area (Å²) < 4.78 is 5.28. The van der Waals surface area contributed by atoms with Gasteiger partial charge in [-0.3, -0.25) is 4.79 Å². The number of esters is 1. The maximum atomic E-state index is 11.0. The lowest BCUT2D eigenvalue weighted by atomic mass is 9.57. The third-order valence-electron chi connectivity index (χ3n) is 4.27. The summed E-state index contributed by atoms with van der Waals surface area (Å²) in [7, 11) is 0. The summed E-state index contributed by atoms with van der Waals surface area (Å²) in [6, 6.07) is 0. The van der Waals surface area contributed by atoms with Gasteiger partial charge in [0.2, 0.25) is 0 Å². The van der Waals surface area contributed by atoms with Gasteiger partial charge in [-0.2, -0.15) is 0 Å². The van der Waals surface area contributed by atoms with Crippen LogP contribution in [0.25, 0.3) is 0 Å². The fraction of sp³-hybridized carbons (Fsp3) is 0.917. The minimum absolute atomic E-state index is 0.00181. The molecule has 1 rings (SSSR count). The van der Waals surface area contributed by atoms with E-state index in [1.807, 2.05) is 13.8 Å². The number of ether oxygens (including phenoxy) is 1. The lowest BCUT2D eigenvalue weighted by Gasteiger charge is -2.52. The van der Waals surface area contributed by atoms with Crippen LogP contribution in [0, 0.1) is 10.8 Å². The zero-order valence-electron chi connectivity index (χ0n) is 10.3. The monoisotopic (exact) mass is 230 g/mol. The Labute approximate surface area is 96.6 Å². The Morgan fingerprint density at radius 2 is 2.00 bits per heavy atom. The molecular formula is C12H22O4. The highest BCUT2D eigenvalue weighted by atomic mass is 16.5. The second-order valence-corrected chi connectivity index (χ2v) is 5.28. The fourth-order valence-electron chi connectivity index (χ4n) is 2.61. The number of aliphatic hydroxyl groups excluding tert-OH is 2. The summed E-state index contributed by atoms with van der Waals surface area (Å²) in [5, 5.41) is 19.1. The van der Waals surface area contributed by atoms with Crippen LogP contribution in [0.15, 0.2) is 0 Å². The van der Waals surface area contributed by atoms with Crippen molar-refractivity contribution in [2.45, 2.75) is 46.1 Å². The van der Waals surface area contributed by atoms with Crippen molar-refractivity contribution in [3.05, 3.63) is 0 Å². The minimum atomic E-state index is -0.564. The minimum Gasteiger partial charge on any atom is -0.462 e. The van der Waals surface area contributed by atoms with Crippen LogP contribution in [-0.4, -0.2) is 35.5 Å². The maximum absolute atomic E-state index is 11.0. The molecule has 0 radical (unpaired) electrons. The molecule has 0 heterocycles. The van der Waals surface area contributed by atoms with Gasteiger partial charge in [-0.1, -0.05) is 13.8 Å². The van der Waals surface area contributed by atoms with E-state index in [2.05, 4.69) is 0 Å². The van der Waals surface area contributed by atoms with Gasteiger partial charge in [-0.15, -0.1) is 0 Å². The van der Waals surface area contributed by atoms with Gasteiger partial charge in [-0.25, -0.2) is 0 Å². The molecule has 0 bridgehead atoms. The number of hydrogen-bond acceptors (Lipinski definition) is 4. The van der Waals surface area contributed by atoms with Gasteiger partial charge in [0.1, 0.15) is 6.10 Å². The number of carbonyl (C=O) groups excluding carboxylic acids is 1. The molecule has 1 saturated carbocycles. The number of rotatable bonds is 3. The van der Waals surface area contributed by atoms with Gasteiger partial charge >= 0.3 is 5.97 Å². The van der Waals surface area contributed by atoms with Gasteiger partial charge in [-0.05, 0) is 19.3 Å². The third-order valence-corrected chi connectivity index (χ3v) is 4.27. The Hall–Kier alpha value is -0.610. The molecule has 3 unspecified atom stereocenters. The highest BCUT2D eigenvalue weighted by Crippen LogP contribution is 2.51. The van der Waals surface area contributed by atoms with E-state index in [4.69, 9.17) is 4.74 Å². The zero-order chi connectivity index (χ0) is 12.4. The molecular weight excluding hydrogens is 208 g/mol. The molecule has 0 aromatic rings. The van der Waals surface area contributed by atoms with Gasteiger partial charge in [0.25, 0.3) is 0 Å². The van der Waals surface area contributed by atoms with Crippen molar-refractivity contribution >= 4 is 5.97 Å². The van der Waals surface area contributed by atoms with Crippen molar-refractivity contribution in [3.8, 4) is 0 Å². The first-order chi connectivity index (χ1) is 7.39. The molecule has 0 aliphatic heterocycles. The summed E-state index contributed by atoms with van der Waals surface area (Å²) in [4.78, 5) is 11.0. The zero-order valence-corrected chi connectivity index (χ0v) is 10.3. The Bertz CT molecular complexity index is 266. The van der Waals surface area contributed by atoms with E-state index in [9.17, 15) is 15.0 Å². The van der Waals surface area contributed by atoms with Crippen molar-refractivity contribution in [2.24, 2.45) is 10.8 Å². The third kappa shape index (κ3) is 2.09. The van der Waals surface area contributed by atoms with Crippen LogP contribution in [0.5, 0.6) is 0 Å². The molecule has 94 valence electrons. The van der Waals surface area contributed by atoms with Gasteiger partial charge < -0.3 is 14.9 Å². The van der Waals surface area contributed by atoms with E-state index in [1.165, 1.54) is 6.92 Å². The van der Waals surface area contributed by atoms with E-state index >= 15 is 0 Å². The molecule has 0 spiro atoms. The normalized spacial score (nSPS) is 39.4. The summed E-state index contributed by atoms with van der Waals surface area (Å²) in [5.74, 6) is -0.327. The van der Waals surface area contributed by atoms with Crippen molar-refractivity contribution in [3.63, 3.8) is 0 Å². The van der Waals surface area contributed by atoms with Crippen LogP contribution in [0.2, 0.25) is 0 Å². The van der Waals surface area contributed by atoms with Crippen LogP contribution in [-0.2, 0) is 9.53 Å². The predicted octanol–water partition coefficient (Wildman–Crippen LogP) is 1.10. The molecule has 0 aromatic heterocycles. The lowest BCUT2D eigenvalue weighted by molar-refractivity contribution is -0.180. The quantitative estimate of drug-likeness (QED) is 0.712. The molecule has 4 heteroatoms. The SMILES string of the molecule is CC(=O)OC1CCCC(C)(CO)C1(C)CO. The largest absolute Gasteiger partial charge is 0.462 e. The van der Waals surface area contributed by atoms with Crippen molar-refractivity contribution < 1.29 is 19.7 Å². The molecule has 1 aliphatic rings. The van der Waals surface area contributed by atoms with Gasteiger partial charge in [0.05, 0.1) is 6.61 Å². The Kier molecular flexibility index (Phi) is 3.97. The molecule has 16 heavy (non-hydrogen) atoms. The van der Waals surface area contributed by atoms with Crippen LogP contribution in [0.4, 0.5) is 0 Å². The van der Waals surface area contributed by atoms with Crippen LogP contribution >= 0.6 is 0 Å². The van der Waals surface area contributed by atoms with E-state index in [0.717, 1.165) is 19.3 Å². The lowest BCUT2D eigenvalue weighted by Crippen LogP contribution is -2.55.